The molecule has 2 aliphatic heterocycles. The zero-order chi connectivity index (χ0) is 22.0. The number of hydrogen-bond acceptors (Lipinski definition) is 6. The van der Waals surface area contributed by atoms with Crippen molar-refractivity contribution in [2.45, 2.75) is 37.7 Å². The fourth-order valence-electron chi connectivity index (χ4n) is 4.28. The summed E-state index contributed by atoms with van der Waals surface area (Å²) in [6.07, 6.45) is -1.01. The molecule has 164 valence electrons. The van der Waals surface area contributed by atoms with Gasteiger partial charge in [0, 0.05) is 42.9 Å². The van der Waals surface area contributed by atoms with Crippen LogP contribution in [-0.4, -0.2) is 65.3 Å². The molecule has 0 unspecified atom stereocenters. The summed E-state index contributed by atoms with van der Waals surface area (Å²) in [6.45, 7) is 2.23. The first kappa shape index (κ1) is 21.2. The van der Waals surface area contributed by atoms with Crippen LogP contribution in [0.3, 0.4) is 0 Å². The number of anilines is 1. The molecule has 2 saturated heterocycles. The minimum absolute atomic E-state index is 0.0343. The summed E-state index contributed by atoms with van der Waals surface area (Å²) in [5.41, 5.74) is 0.798. The van der Waals surface area contributed by atoms with E-state index in [0.717, 1.165) is 25.8 Å². The van der Waals surface area contributed by atoms with Gasteiger partial charge in [-0.25, -0.2) is 0 Å². The van der Waals surface area contributed by atoms with Crippen molar-refractivity contribution in [1.29, 1.82) is 5.26 Å². The van der Waals surface area contributed by atoms with Crippen molar-refractivity contribution in [1.82, 2.24) is 14.8 Å². The topological polar surface area (TPSA) is 81.5 Å². The molecule has 4 rings (SSSR count). The maximum atomic E-state index is 12.7. The third-order valence-corrected chi connectivity index (χ3v) is 5.67. The van der Waals surface area contributed by atoms with E-state index < -0.39 is 6.36 Å². The van der Waals surface area contributed by atoms with E-state index in [-0.39, 0.29) is 35.8 Å². The van der Waals surface area contributed by atoms with Gasteiger partial charge in [0.2, 0.25) is 5.91 Å². The quantitative estimate of drug-likeness (QED) is 0.780. The van der Waals surface area contributed by atoms with Gasteiger partial charge in [-0.15, -0.1) is 13.2 Å². The van der Waals surface area contributed by atoms with Crippen LogP contribution in [0.1, 0.15) is 19.3 Å². The van der Waals surface area contributed by atoms with Gasteiger partial charge in [-0.3, -0.25) is 14.7 Å². The summed E-state index contributed by atoms with van der Waals surface area (Å²) >= 11 is 0. The van der Waals surface area contributed by atoms with Gasteiger partial charge >= 0.3 is 6.36 Å². The summed E-state index contributed by atoms with van der Waals surface area (Å²) in [6, 6.07) is 8.06. The molecule has 7 nitrogen and oxygen atoms in total. The van der Waals surface area contributed by atoms with Crippen LogP contribution >= 0.6 is 0 Å². The summed E-state index contributed by atoms with van der Waals surface area (Å²) < 4.78 is 42.2. The average Bonchev–Trinajstić information content (AvgIpc) is 3.38. The van der Waals surface area contributed by atoms with Gasteiger partial charge in [-0.1, -0.05) is 0 Å². The first-order chi connectivity index (χ1) is 14.8. The molecule has 1 aromatic carbocycles. The second kappa shape index (κ2) is 8.59. The highest BCUT2D eigenvalue weighted by Gasteiger charge is 2.33. The molecule has 0 saturated carbocycles. The van der Waals surface area contributed by atoms with Crippen molar-refractivity contribution in [3.05, 3.63) is 30.5 Å². The standard InChI is InChI=1S/C21H22F3N5O2/c22-21(23,24)31-18-6-5-17(16-4-1-8-26-20(16)18)27-14-7-10-28(12-14)13-19(30)29-9-2-3-15(29)11-25/h1,4-6,8,14-15,27H,2-3,7,9-10,12-13H2/t14-,15+/m1/s1. The summed E-state index contributed by atoms with van der Waals surface area (Å²) in [5, 5.41) is 13.1. The monoisotopic (exact) mass is 433 g/mol. The fraction of sp³-hybridized carbons (Fsp3) is 0.476. The number of carbonyl (C=O) groups excluding carboxylic acids is 1. The van der Waals surface area contributed by atoms with Crippen LogP contribution in [-0.2, 0) is 4.79 Å². The molecule has 2 atom stereocenters. The lowest BCUT2D eigenvalue weighted by Crippen LogP contribution is -2.42. The summed E-state index contributed by atoms with van der Waals surface area (Å²) in [4.78, 5) is 20.3. The van der Waals surface area contributed by atoms with E-state index in [1.807, 2.05) is 4.90 Å². The average molecular weight is 433 g/mol. The molecule has 3 heterocycles. The predicted molar refractivity (Wildman–Crippen MR) is 107 cm³/mol. The second-order valence-corrected chi connectivity index (χ2v) is 7.80. The van der Waals surface area contributed by atoms with Crippen LogP contribution in [0.15, 0.2) is 30.5 Å². The number of benzene rings is 1. The van der Waals surface area contributed by atoms with E-state index in [0.29, 0.717) is 24.2 Å². The van der Waals surface area contributed by atoms with Crippen molar-refractivity contribution >= 4 is 22.5 Å². The number of fused-ring (bicyclic) bond motifs is 1. The first-order valence-corrected chi connectivity index (χ1v) is 10.2. The maximum absolute atomic E-state index is 12.7. The molecule has 1 N–H and O–H groups in total. The van der Waals surface area contributed by atoms with Crippen LogP contribution < -0.4 is 10.1 Å². The zero-order valence-electron chi connectivity index (χ0n) is 16.7. The maximum Gasteiger partial charge on any atom is 0.573 e. The molecule has 0 aliphatic carbocycles. The van der Waals surface area contributed by atoms with Crippen LogP contribution in [0.5, 0.6) is 5.75 Å². The van der Waals surface area contributed by atoms with Crippen molar-refractivity contribution in [2.24, 2.45) is 0 Å². The number of nitriles is 1. The number of nitrogens with zero attached hydrogens (tertiary/aromatic N) is 4. The highest BCUT2D eigenvalue weighted by atomic mass is 19.4. The largest absolute Gasteiger partial charge is 0.573 e. The number of carbonyl (C=O) groups is 1. The molecule has 0 spiro atoms. The SMILES string of the molecule is N#C[C@@H]1CCCN1C(=O)CN1CC[C@@H](Nc2ccc(OC(F)(F)F)c3ncccc23)C1. The number of ether oxygens (including phenoxy) is 1. The zero-order valence-corrected chi connectivity index (χ0v) is 16.7. The van der Waals surface area contributed by atoms with Gasteiger partial charge in [0.1, 0.15) is 11.6 Å². The Morgan fingerprint density at radius 3 is 2.90 bits per heavy atom. The number of nitrogens with one attached hydrogen (secondary N) is 1. The van der Waals surface area contributed by atoms with E-state index in [1.165, 1.54) is 12.3 Å². The molecule has 10 heteroatoms. The van der Waals surface area contributed by atoms with Gasteiger partial charge < -0.3 is 15.0 Å². The minimum Gasteiger partial charge on any atom is -0.403 e. The Kier molecular flexibility index (Phi) is 5.87. The normalized spacial score (nSPS) is 21.9. The third kappa shape index (κ3) is 4.82. The van der Waals surface area contributed by atoms with Gasteiger partial charge in [0.05, 0.1) is 12.6 Å². The highest BCUT2D eigenvalue weighted by Crippen LogP contribution is 2.34. The summed E-state index contributed by atoms with van der Waals surface area (Å²) in [5.74, 6) is -0.377. The fourth-order valence-corrected chi connectivity index (χ4v) is 4.28. The molecule has 2 fully saturated rings. The molecule has 2 aliphatic rings. The Labute approximate surface area is 177 Å². The molecule has 0 radical (unpaired) electrons. The Balaban J connectivity index is 1.42. The highest BCUT2D eigenvalue weighted by molar-refractivity contribution is 5.95. The van der Waals surface area contributed by atoms with Crippen LogP contribution in [0.25, 0.3) is 10.9 Å². The molecular formula is C21H22F3N5O2. The molecule has 1 amide bonds. The van der Waals surface area contributed by atoms with E-state index >= 15 is 0 Å². The lowest BCUT2D eigenvalue weighted by Gasteiger charge is -2.23. The number of halogens is 3. The van der Waals surface area contributed by atoms with Gasteiger partial charge in [0.25, 0.3) is 0 Å². The number of amides is 1. The molecule has 0 bridgehead atoms. The number of likely N-dealkylation sites (tertiary alicyclic amines) is 2. The Bertz CT molecular complexity index is 1010. The number of alkyl halides is 3. The lowest BCUT2D eigenvalue weighted by atomic mass is 10.1. The smallest absolute Gasteiger partial charge is 0.403 e. The van der Waals surface area contributed by atoms with E-state index in [9.17, 15) is 23.2 Å². The molecule has 2 aromatic rings. The van der Waals surface area contributed by atoms with E-state index in [2.05, 4.69) is 21.1 Å². The second-order valence-electron chi connectivity index (χ2n) is 7.80. The van der Waals surface area contributed by atoms with Crippen molar-refractivity contribution in [3.8, 4) is 11.8 Å². The molecule has 31 heavy (non-hydrogen) atoms. The van der Waals surface area contributed by atoms with Crippen molar-refractivity contribution in [3.63, 3.8) is 0 Å². The van der Waals surface area contributed by atoms with Gasteiger partial charge in [-0.05, 0) is 43.5 Å². The number of pyridine rings is 1. The van der Waals surface area contributed by atoms with Crippen LogP contribution in [0, 0.1) is 11.3 Å². The summed E-state index contributed by atoms with van der Waals surface area (Å²) in [7, 11) is 0. The first-order valence-electron chi connectivity index (χ1n) is 10.2. The Morgan fingerprint density at radius 1 is 1.29 bits per heavy atom. The molecule has 1 aromatic heterocycles. The van der Waals surface area contributed by atoms with Crippen LogP contribution in [0.4, 0.5) is 18.9 Å². The van der Waals surface area contributed by atoms with Crippen LogP contribution in [0.2, 0.25) is 0 Å². The lowest BCUT2D eigenvalue weighted by molar-refractivity contribution is -0.274. The Morgan fingerprint density at radius 2 is 2.13 bits per heavy atom. The number of aromatic nitrogens is 1. The predicted octanol–water partition coefficient (Wildman–Crippen LogP) is 3.13. The van der Waals surface area contributed by atoms with Crippen molar-refractivity contribution < 1.29 is 22.7 Å². The number of hydrogen-bond donors (Lipinski definition) is 1. The van der Waals surface area contributed by atoms with E-state index in [4.69, 9.17) is 0 Å². The minimum atomic E-state index is -4.79. The number of rotatable bonds is 5. The Hall–Kier alpha value is -3.06. The van der Waals surface area contributed by atoms with Crippen molar-refractivity contribution in [2.75, 3.05) is 31.5 Å². The van der Waals surface area contributed by atoms with E-state index in [1.54, 1.807) is 23.1 Å². The third-order valence-electron chi connectivity index (χ3n) is 5.67. The molecular weight excluding hydrogens is 411 g/mol. The van der Waals surface area contributed by atoms with Gasteiger partial charge in [0.15, 0.2) is 5.75 Å². The van der Waals surface area contributed by atoms with Gasteiger partial charge in [-0.2, -0.15) is 5.26 Å².